The van der Waals surface area contributed by atoms with Crippen molar-refractivity contribution in [2.45, 2.75) is 6.92 Å². The molecule has 5 nitrogen and oxygen atoms in total. The Bertz CT molecular complexity index is 549. The van der Waals surface area contributed by atoms with Crippen LogP contribution in [0.1, 0.15) is 6.92 Å². The predicted octanol–water partition coefficient (Wildman–Crippen LogP) is 2.72. The molecule has 0 N–H and O–H groups in total. The molecule has 0 aliphatic carbocycles. The van der Waals surface area contributed by atoms with Crippen LogP contribution in [0.3, 0.4) is 0 Å². The lowest BCUT2D eigenvalue weighted by molar-refractivity contribution is -0.657. The predicted molar refractivity (Wildman–Crippen MR) is 76.2 cm³/mol. The first-order valence-electron chi connectivity index (χ1n) is 6.35. The highest BCUT2D eigenvalue weighted by atomic mass is 15.3. The Morgan fingerprint density at radius 3 is 2.42 bits per heavy atom. The van der Waals surface area contributed by atoms with Crippen molar-refractivity contribution in [3.8, 4) is 0 Å². The highest BCUT2D eigenvalue weighted by Gasteiger charge is 2.10. The number of rotatable bonds is 4. The molecule has 0 fully saturated rings. The lowest BCUT2D eigenvalue weighted by Gasteiger charge is -2.16. The van der Waals surface area contributed by atoms with Gasteiger partial charge in [0.25, 0.3) is 0 Å². The van der Waals surface area contributed by atoms with Gasteiger partial charge in [-0.3, -0.25) is 0 Å². The van der Waals surface area contributed by atoms with Gasteiger partial charge in [-0.2, -0.15) is 0 Å². The highest BCUT2D eigenvalue weighted by Crippen LogP contribution is 2.20. The van der Waals surface area contributed by atoms with E-state index in [1.165, 1.54) is 5.69 Å². The number of hydrogen-bond acceptors (Lipinski definition) is 3. The number of aromatic nitrogens is 2. The molecule has 2 aromatic rings. The molecule has 2 rings (SSSR count). The highest BCUT2D eigenvalue weighted by molar-refractivity contribution is 5.52. The van der Waals surface area contributed by atoms with Crippen LogP contribution in [0.5, 0.6) is 0 Å². The van der Waals surface area contributed by atoms with Gasteiger partial charge in [-0.25, -0.2) is 9.13 Å². The monoisotopic (exact) mass is 258 g/mol. The second kappa shape index (κ2) is 5.65. The van der Waals surface area contributed by atoms with Gasteiger partial charge in [0, 0.05) is 24.4 Å². The molecule has 5 heteroatoms. The lowest BCUT2D eigenvalue weighted by Crippen LogP contribution is -2.25. The Hall–Kier alpha value is -2.17. The van der Waals surface area contributed by atoms with Crippen molar-refractivity contribution in [2.24, 2.45) is 24.3 Å². The molecule has 0 amide bonds. The van der Waals surface area contributed by atoms with Crippen molar-refractivity contribution in [1.29, 1.82) is 0 Å². The molecule has 0 spiro atoms. The Labute approximate surface area is 113 Å². The maximum Gasteiger partial charge on any atom is 0.421 e. The van der Waals surface area contributed by atoms with Gasteiger partial charge in [-0.15, -0.1) is 0 Å². The van der Waals surface area contributed by atoms with Gasteiger partial charge >= 0.3 is 5.95 Å². The van der Waals surface area contributed by atoms with E-state index in [1.54, 1.807) is 0 Å². The molecule has 1 heterocycles. The van der Waals surface area contributed by atoms with Gasteiger partial charge < -0.3 is 4.90 Å². The van der Waals surface area contributed by atoms with Crippen molar-refractivity contribution < 1.29 is 4.57 Å². The number of aryl methyl sites for hydroxylation is 2. The van der Waals surface area contributed by atoms with E-state index in [-0.39, 0.29) is 0 Å². The van der Waals surface area contributed by atoms with Gasteiger partial charge in [0.2, 0.25) is 0 Å². The second-order valence-electron chi connectivity index (χ2n) is 4.55. The molecular formula is C14H20N5+. The minimum atomic E-state index is 0.815. The second-order valence-corrected chi connectivity index (χ2v) is 4.55. The standard InChI is InChI=1S/C14H20N5/c1-5-17(2)13-8-6-12(7-9-13)15-16-14-18(3)10-11-19(14)4/h6-11H,5H2,1-4H3/q+1. The topological polar surface area (TPSA) is 36.8 Å². The van der Waals surface area contributed by atoms with Crippen molar-refractivity contribution in [3.63, 3.8) is 0 Å². The molecule has 0 bridgehead atoms. The summed E-state index contributed by atoms with van der Waals surface area (Å²) in [5.41, 5.74) is 2.04. The summed E-state index contributed by atoms with van der Waals surface area (Å²) in [4.78, 5) is 2.18. The fourth-order valence-corrected chi connectivity index (χ4v) is 1.78. The summed E-state index contributed by atoms with van der Waals surface area (Å²) in [6, 6.07) is 8.08. The van der Waals surface area contributed by atoms with Crippen LogP contribution < -0.4 is 9.47 Å². The molecule has 0 aliphatic rings. The first-order valence-corrected chi connectivity index (χ1v) is 6.35. The molecule has 0 saturated heterocycles. The average molecular weight is 258 g/mol. The summed E-state index contributed by atoms with van der Waals surface area (Å²) in [6.45, 7) is 3.11. The maximum atomic E-state index is 4.27. The van der Waals surface area contributed by atoms with E-state index in [9.17, 15) is 0 Å². The minimum Gasteiger partial charge on any atom is -0.375 e. The summed E-state index contributed by atoms with van der Waals surface area (Å²) in [6.07, 6.45) is 3.90. The van der Waals surface area contributed by atoms with Crippen molar-refractivity contribution >= 4 is 17.3 Å². The average Bonchev–Trinajstić information content (AvgIpc) is 2.75. The van der Waals surface area contributed by atoms with Crippen molar-refractivity contribution in [2.75, 3.05) is 18.5 Å². The molecule has 0 saturated carbocycles. The SMILES string of the molecule is CCN(C)c1ccc(N=Nc2n(C)cc[n+]2C)cc1. The summed E-state index contributed by atoms with van der Waals surface area (Å²) in [7, 11) is 5.97. The first-order chi connectivity index (χ1) is 9.11. The van der Waals surface area contributed by atoms with Crippen molar-refractivity contribution in [3.05, 3.63) is 36.7 Å². The van der Waals surface area contributed by atoms with E-state index in [2.05, 4.69) is 41.2 Å². The summed E-state index contributed by atoms with van der Waals surface area (Å²) in [5, 5.41) is 8.53. The summed E-state index contributed by atoms with van der Waals surface area (Å²) >= 11 is 0. The molecular weight excluding hydrogens is 238 g/mol. The summed E-state index contributed by atoms with van der Waals surface area (Å²) < 4.78 is 3.87. The third-order valence-electron chi connectivity index (χ3n) is 3.16. The van der Waals surface area contributed by atoms with E-state index in [0.717, 1.165) is 18.2 Å². The van der Waals surface area contributed by atoms with Gasteiger partial charge in [0.1, 0.15) is 5.69 Å². The van der Waals surface area contributed by atoms with E-state index in [1.807, 2.05) is 47.8 Å². The van der Waals surface area contributed by atoms with Crippen molar-refractivity contribution in [1.82, 2.24) is 4.57 Å². The number of benzene rings is 1. The molecule has 1 aromatic heterocycles. The molecule has 0 atom stereocenters. The normalized spacial score (nSPS) is 11.2. The zero-order chi connectivity index (χ0) is 13.8. The third kappa shape index (κ3) is 2.99. The van der Waals surface area contributed by atoms with E-state index in [4.69, 9.17) is 0 Å². The fraction of sp³-hybridized carbons (Fsp3) is 0.357. The largest absolute Gasteiger partial charge is 0.421 e. The van der Waals surface area contributed by atoms with Crippen LogP contribution in [0.15, 0.2) is 46.9 Å². The molecule has 1 aromatic carbocycles. The van der Waals surface area contributed by atoms with Crippen LogP contribution in [-0.4, -0.2) is 18.2 Å². The van der Waals surface area contributed by atoms with Crippen LogP contribution in [0, 0.1) is 0 Å². The number of nitrogens with zero attached hydrogens (tertiary/aromatic N) is 5. The third-order valence-corrected chi connectivity index (χ3v) is 3.16. The summed E-state index contributed by atoms with van der Waals surface area (Å²) in [5.74, 6) is 0.815. The number of azo groups is 1. The Morgan fingerprint density at radius 1 is 1.21 bits per heavy atom. The van der Waals surface area contributed by atoms with Gasteiger partial charge in [0.05, 0.1) is 26.5 Å². The Morgan fingerprint density at radius 2 is 1.89 bits per heavy atom. The minimum absolute atomic E-state index is 0.815. The number of hydrogen-bond donors (Lipinski definition) is 0. The molecule has 0 radical (unpaired) electrons. The van der Waals surface area contributed by atoms with E-state index < -0.39 is 0 Å². The maximum absolute atomic E-state index is 4.27. The zero-order valence-electron chi connectivity index (χ0n) is 11.9. The lowest BCUT2D eigenvalue weighted by atomic mass is 10.2. The van der Waals surface area contributed by atoms with Crippen LogP contribution >= 0.6 is 0 Å². The van der Waals surface area contributed by atoms with Gasteiger partial charge in [-0.05, 0) is 31.2 Å². The fourth-order valence-electron chi connectivity index (χ4n) is 1.78. The number of imidazole rings is 1. The molecule has 0 aliphatic heterocycles. The quantitative estimate of drug-likeness (QED) is 0.613. The number of anilines is 1. The zero-order valence-corrected chi connectivity index (χ0v) is 11.9. The molecule has 19 heavy (non-hydrogen) atoms. The Kier molecular flexibility index (Phi) is 3.94. The molecule has 100 valence electrons. The smallest absolute Gasteiger partial charge is 0.375 e. The van der Waals surface area contributed by atoms with Crippen LogP contribution in [0.25, 0.3) is 0 Å². The van der Waals surface area contributed by atoms with Gasteiger partial charge in [0.15, 0.2) is 0 Å². The van der Waals surface area contributed by atoms with Crippen LogP contribution in [0.2, 0.25) is 0 Å². The van der Waals surface area contributed by atoms with Crippen LogP contribution in [-0.2, 0) is 14.1 Å². The van der Waals surface area contributed by atoms with E-state index in [0.29, 0.717) is 0 Å². The first kappa shape index (κ1) is 13.3. The van der Waals surface area contributed by atoms with E-state index >= 15 is 0 Å². The van der Waals surface area contributed by atoms with Gasteiger partial charge in [-0.1, -0.05) is 5.11 Å². The Balaban J connectivity index is 2.16. The van der Waals surface area contributed by atoms with Crippen LogP contribution in [0.4, 0.5) is 17.3 Å². The molecule has 0 unspecified atom stereocenters.